The van der Waals surface area contributed by atoms with E-state index in [1.54, 1.807) is 18.2 Å². The van der Waals surface area contributed by atoms with E-state index in [2.05, 4.69) is 15.6 Å². The SMILES string of the molecule is CCOc1cccc(CC(=O)NC2CCCNC2=O)n1. The van der Waals surface area contributed by atoms with Crippen LogP contribution in [-0.2, 0) is 16.0 Å². The molecule has 2 amide bonds. The molecule has 1 atom stereocenters. The van der Waals surface area contributed by atoms with Crippen LogP contribution in [0.1, 0.15) is 25.5 Å². The molecular weight excluding hydrogens is 258 g/mol. The highest BCUT2D eigenvalue weighted by Gasteiger charge is 2.23. The van der Waals surface area contributed by atoms with E-state index in [4.69, 9.17) is 4.74 Å². The molecule has 1 fully saturated rings. The van der Waals surface area contributed by atoms with Crippen molar-refractivity contribution >= 4 is 11.8 Å². The zero-order valence-electron chi connectivity index (χ0n) is 11.5. The number of nitrogens with one attached hydrogen (secondary N) is 2. The Morgan fingerprint density at radius 3 is 3.15 bits per heavy atom. The summed E-state index contributed by atoms with van der Waals surface area (Å²) >= 11 is 0. The Balaban J connectivity index is 1.90. The zero-order valence-corrected chi connectivity index (χ0v) is 11.5. The van der Waals surface area contributed by atoms with Crippen molar-refractivity contribution in [1.29, 1.82) is 0 Å². The first-order chi connectivity index (χ1) is 9.69. The van der Waals surface area contributed by atoms with Crippen molar-refractivity contribution in [3.8, 4) is 5.88 Å². The number of carbonyl (C=O) groups is 2. The lowest BCUT2D eigenvalue weighted by Crippen LogP contribution is -2.50. The Morgan fingerprint density at radius 2 is 2.40 bits per heavy atom. The molecule has 108 valence electrons. The van der Waals surface area contributed by atoms with Crippen molar-refractivity contribution in [2.75, 3.05) is 13.2 Å². The fourth-order valence-electron chi connectivity index (χ4n) is 2.10. The number of hydrogen-bond donors (Lipinski definition) is 2. The highest BCUT2D eigenvalue weighted by molar-refractivity contribution is 5.88. The molecule has 20 heavy (non-hydrogen) atoms. The number of nitrogens with zero attached hydrogens (tertiary/aromatic N) is 1. The van der Waals surface area contributed by atoms with Gasteiger partial charge in [0, 0.05) is 12.6 Å². The van der Waals surface area contributed by atoms with Gasteiger partial charge in [0.25, 0.3) is 0 Å². The molecule has 0 radical (unpaired) electrons. The summed E-state index contributed by atoms with van der Waals surface area (Å²) in [5, 5.41) is 5.47. The Kier molecular flexibility index (Phi) is 4.92. The molecule has 6 heteroatoms. The standard InChI is InChI=1S/C14H19N3O3/c1-2-20-13-7-3-5-10(16-13)9-12(18)17-11-6-4-8-15-14(11)19/h3,5,7,11H,2,4,6,8-9H2,1H3,(H,15,19)(H,17,18). The Hall–Kier alpha value is -2.11. The summed E-state index contributed by atoms with van der Waals surface area (Å²) in [6.45, 7) is 3.09. The van der Waals surface area contributed by atoms with Crippen LogP contribution in [0.4, 0.5) is 0 Å². The van der Waals surface area contributed by atoms with Crippen LogP contribution in [0, 0.1) is 0 Å². The number of aromatic nitrogens is 1. The molecule has 1 aliphatic rings. The first-order valence-corrected chi connectivity index (χ1v) is 6.85. The van der Waals surface area contributed by atoms with Crippen LogP contribution < -0.4 is 15.4 Å². The minimum Gasteiger partial charge on any atom is -0.478 e. The van der Waals surface area contributed by atoms with E-state index in [1.165, 1.54) is 0 Å². The molecule has 2 rings (SSSR count). The molecule has 6 nitrogen and oxygen atoms in total. The maximum Gasteiger partial charge on any atom is 0.242 e. The van der Waals surface area contributed by atoms with Crippen LogP contribution in [0.3, 0.4) is 0 Å². The van der Waals surface area contributed by atoms with E-state index in [9.17, 15) is 9.59 Å². The summed E-state index contributed by atoms with van der Waals surface area (Å²) in [7, 11) is 0. The van der Waals surface area contributed by atoms with Crippen LogP contribution in [0.25, 0.3) is 0 Å². The third-order valence-corrected chi connectivity index (χ3v) is 3.04. The summed E-state index contributed by atoms with van der Waals surface area (Å²) < 4.78 is 5.29. The van der Waals surface area contributed by atoms with Crippen LogP contribution in [-0.4, -0.2) is 36.0 Å². The molecule has 1 aromatic rings. The molecule has 1 aromatic heterocycles. The maximum atomic E-state index is 11.9. The molecule has 2 heterocycles. The quantitative estimate of drug-likeness (QED) is 0.817. The summed E-state index contributed by atoms with van der Waals surface area (Å²) in [5.74, 6) is 0.196. The van der Waals surface area contributed by atoms with Crippen LogP contribution in [0.5, 0.6) is 5.88 Å². The zero-order chi connectivity index (χ0) is 14.4. The van der Waals surface area contributed by atoms with Crippen LogP contribution in [0.15, 0.2) is 18.2 Å². The molecule has 1 aliphatic heterocycles. The highest BCUT2D eigenvalue weighted by Crippen LogP contribution is 2.09. The average Bonchev–Trinajstić information content (AvgIpc) is 2.42. The first kappa shape index (κ1) is 14.3. The summed E-state index contributed by atoms with van der Waals surface area (Å²) in [5.41, 5.74) is 0.629. The average molecular weight is 277 g/mol. The largest absolute Gasteiger partial charge is 0.478 e. The monoisotopic (exact) mass is 277 g/mol. The third kappa shape index (κ3) is 3.94. The molecule has 2 N–H and O–H groups in total. The van der Waals surface area contributed by atoms with Crippen molar-refractivity contribution in [3.63, 3.8) is 0 Å². The Bertz CT molecular complexity index is 490. The van der Waals surface area contributed by atoms with Crippen molar-refractivity contribution in [2.24, 2.45) is 0 Å². The lowest BCUT2D eigenvalue weighted by Gasteiger charge is -2.22. The van der Waals surface area contributed by atoms with Gasteiger partial charge in [-0.3, -0.25) is 9.59 Å². The van der Waals surface area contributed by atoms with Crippen LogP contribution in [0.2, 0.25) is 0 Å². The van der Waals surface area contributed by atoms with Gasteiger partial charge < -0.3 is 15.4 Å². The van der Waals surface area contributed by atoms with Gasteiger partial charge in [0.15, 0.2) is 0 Å². The molecule has 0 aliphatic carbocycles. The van der Waals surface area contributed by atoms with E-state index in [-0.39, 0.29) is 18.2 Å². The minimum absolute atomic E-state index is 0.111. The highest BCUT2D eigenvalue weighted by atomic mass is 16.5. The van der Waals surface area contributed by atoms with Gasteiger partial charge >= 0.3 is 0 Å². The van der Waals surface area contributed by atoms with Gasteiger partial charge in [0.1, 0.15) is 6.04 Å². The second kappa shape index (κ2) is 6.88. The van der Waals surface area contributed by atoms with Crippen LogP contribution >= 0.6 is 0 Å². The third-order valence-electron chi connectivity index (χ3n) is 3.04. The second-order valence-corrected chi connectivity index (χ2v) is 4.63. The summed E-state index contributed by atoms with van der Waals surface area (Å²) in [4.78, 5) is 27.7. The molecule has 0 aromatic carbocycles. The number of rotatable bonds is 5. The molecular formula is C14H19N3O3. The number of ether oxygens (including phenoxy) is 1. The van der Waals surface area contributed by atoms with Gasteiger partial charge in [-0.25, -0.2) is 4.98 Å². The lowest BCUT2D eigenvalue weighted by molar-refractivity contribution is -0.129. The molecule has 1 unspecified atom stereocenters. The first-order valence-electron chi connectivity index (χ1n) is 6.85. The topological polar surface area (TPSA) is 80.3 Å². The molecule has 0 saturated carbocycles. The number of hydrogen-bond acceptors (Lipinski definition) is 4. The van der Waals surface area contributed by atoms with E-state index in [0.717, 1.165) is 6.42 Å². The van der Waals surface area contributed by atoms with E-state index in [0.29, 0.717) is 31.1 Å². The molecule has 1 saturated heterocycles. The van der Waals surface area contributed by atoms with E-state index >= 15 is 0 Å². The minimum atomic E-state index is -0.425. The smallest absolute Gasteiger partial charge is 0.242 e. The molecule has 0 spiro atoms. The predicted octanol–water partition coefficient (Wildman–Crippen LogP) is 0.418. The molecule has 0 bridgehead atoms. The van der Waals surface area contributed by atoms with Crippen molar-refractivity contribution < 1.29 is 14.3 Å². The Morgan fingerprint density at radius 1 is 1.55 bits per heavy atom. The number of piperidine rings is 1. The van der Waals surface area contributed by atoms with Gasteiger partial charge in [-0.05, 0) is 25.8 Å². The number of amides is 2. The summed E-state index contributed by atoms with van der Waals surface area (Å²) in [6, 6.07) is 4.89. The van der Waals surface area contributed by atoms with E-state index < -0.39 is 6.04 Å². The summed E-state index contributed by atoms with van der Waals surface area (Å²) in [6.07, 6.45) is 1.71. The maximum absolute atomic E-state index is 11.9. The number of pyridine rings is 1. The van der Waals surface area contributed by atoms with Crippen molar-refractivity contribution in [1.82, 2.24) is 15.6 Å². The lowest BCUT2D eigenvalue weighted by atomic mass is 10.1. The second-order valence-electron chi connectivity index (χ2n) is 4.63. The van der Waals surface area contributed by atoms with Gasteiger partial charge in [-0.2, -0.15) is 0 Å². The Labute approximate surface area is 117 Å². The number of carbonyl (C=O) groups excluding carboxylic acids is 2. The predicted molar refractivity (Wildman–Crippen MR) is 73.3 cm³/mol. The van der Waals surface area contributed by atoms with Gasteiger partial charge in [0.05, 0.1) is 18.7 Å². The van der Waals surface area contributed by atoms with E-state index in [1.807, 2.05) is 6.92 Å². The van der Waals surface area contributed by atoms with Gasteiger partial charge in [0.2, 0.25) is 17.7 Å². The normalized spacial score (nSPS) is 18.2. The van der Waals surface area contributed by atoms with Gasteiger partial charge in [-0.15, -0.1) is 0 Å². The fraction of sp³-hybridized carbons (Fsp3) is 0.500. The van der Waals surface area contributed by atoms with Gasteiger partial charge in [-0.1, -0.05) is 6.07 Å². The van der Waals surface area contributed by atoms with Crippen molar-refractivity contribution in [3.05, 3.63) is 23.9 Å². The fourth-order valence-corrected chi connectivity index (χ4v) is 2.10. The van der Waals surface area contributed by atoms with Crippen molar-refractivity contribution in [2.45, 2.75) is 32.2 Å².